The fourth-order valence-electron chi connectivity index (χ4n) is 0. The van der Waals surface area contributed by atoms with E-state index in [4.69, 9.17) is 9.90 Å². The molecule has 0 aromatic rings. The second-order valence-electron chi connectivity index (χ2n) is 0.0962. The summed E-state index contributed by atoms with van der Waals surface area (Å²) in [5.41, 5.74) is 0. The van der Waals surface area contributed by atoms with E-state index in [0.29, 0.717) is 0 Å². The van der Waals surface area contributed by atoms with Crippen LogP contribution in [0.1, 0.15) is 0 Å². The Kier molecular flexibility index (Phi) is 66.1. The predicted molar refractivity (Wildman–Crippen MR) is 11.8 cm³/mol. The molecule has 0 aromatic carbocycles. The van der Waals surface area contributed by atoms with Crippen molar-refractivity contribution in [2.24, 2.45) is 0 Å². The van der Waals surface area contributed by atoms with Gasteiger partial charge in [0.15, 0.2) is 0 Å². The van der Waals surface area contributed by atoms with E-state index in [2.05, 4.69) is 0 Å². The normalized spacial score (nSPS) is 2.40. The van der Waals surface area contributed by atoms with E-state index < -0.39 is 6.47 Å². The van der Waals surface area contributed by atoms with Gasteiger partial charge in [-0.15, -0.1) is 0 Å². The molecule has 0 atom stereocenters. The number of hydrogen-bond donors (Lipinski definition) is 0. The summed E-state index contributed by atoms with van der Waals surface area (Å²) in [5.74, 6) is 0. The van der Waals surface area contributed by atoms with Crippen molar-refractivity contribution in [3.05, 3.63) is 0 Å². The molecule has 0 aliphatic heterocycles. The molecule has 0 aliphatic carbocycles. The molecule has 0 N–H and O–H groups in total. The summed E-state index contributed by atoms with van der Waals surface area (Å²) in [6.45, 7) is -0.500. The van der Waals surface area contributed by atoms with Crippen molar-refractivity contribution < 1.29 is 22.3 Å². The van der Waals surface area contributed by atoms with Gasteiger partial charge in [-0.05, 0) is 0 Å². The first-order chi connectivity index (χ1) is 1.41. The quantitative estimate of drug-likeness (QED) is 0.237. The summed E-state index contributed by atoms with van der Waals surface area (Å²) < 4.78 is 0. The van der Waals surface area contributed by atoms with E-state index in [1.54, 1.807) is 0 Å². The van der Waals surface area contributed by atoms with Gasteiger partial charge in [-0.1, -0.05) is 0 Å². The number of carboxylic acid groups (broad SMARTS) is 1. The summed E-state index contributed by atoms with van der Waals surface area (Å²) in [7, 11) is 0. The van der Waals surface area contributed by atoms with Gasteiger partial charge < -0.3 is 22.3 Å². The molecular weight excluding hydrogens is 120 g/mol. The monoisotopic (exact) mass is 120 g/mol. The second-order valence-corrected chi connectivity index (χ2v) is 0.0962. The van der Waals surface area contributed by atoms with E-state index in [-0.39, 0.29) is 50.1 Å². The maximum Gasteiger partial charge on any atom is 2.00 e. The minimum absolute atomic E-state index is 0. The molecule has 0 saturated carbocycles. The Labute approximate surface area is 66.0 Å². The molecule has 0 aromatic heterocycles. The molecule has 0 spiro atoms. The molecular formula is CHCaClO2. The molecule has 0 bridgehead atoms. The van der Waals surface area contributed by atoms with Crippen molar-refractivity contribution in [1.29, 1.82) is 0 Å². The van der Waals surface area contributed by atoms with Gasteiger partial charge in [0.05, 0.1) is 0 Å². The molecule has 0 amide bonds. The Morgan fingerprint density at radius 1 is 1.60 bits per heavy atom. The Balaban J connectivity index is -0.0000000200. The average molecular weight is 121 g/mol. The first-order valence-electron chi connectivity index (χ1n) is 0.471. The molecule has 2 nitrogen and oxygen atoms in total. The van der Waals surface area contributed by atoms with E-state index in [1.807, 2.05) is 0 Å². The van der Waals surface area contributed by atoms with Gasteiger partial charge in [-0.3, -0.25) is 0 Å². The number of hydrogen-bond acceptors (Lipinski definition) is 2. The zero-order valence-corrected chi connectivity index (χ0v) is 5.44. The number of rotatable bonds is 0. The topological polar surface area (TPSA) is 40.1 Å². The van der Waals surface area contributed by atoms with Gasteiger partial charge in [0.2, 0.25) is 0 Å². The van der Waals surface area contributed by atoms with Crippen molar-refractivity contribution in [3.8, 4) is 0 Å². The van der Waals surface area contributed by atoms with Crippen molar-refractivity contribution in [1.82, 2.24) is 0 Å². The number of carbonyl (C=O) groups excluding carboxylic acids is 1. The van der Waals surface area contributed by atoms with Gasteiger partial charge in [0.25, 0.3) is 0 Å². The summed E-state index contributed by atoms with van der Waals surface area (Å²) in [6, 6.07) is 0. The molecule has 0 aliphatic rings. The maximum atomic E-state index is 8.25. The van der Waals surface area contributed by atoms with Crippen molar-refractivity contribution in [2.45, 2.75) is 0 Å². The minimum Gasteiger partial charge on any atom is -1.00 e. The van der Waals surface area contributed by atoms with Gasteiger partial charge in [-0.2, -0.15) is 0 Å². The van der Waals surface area contributed by atoms with Crippen molar-refractivity contribution in [2.75, 3.05) is 0 Å². The Bertz CT molecular complexity index is 17.1. The third-order valence-electron chi connectivity index (χ3n) is 0. The minimum atomic E-state index is -0.500. The summed E-state index contributed by atoms with van der Waals surface area (Å²) in [4.78, 5) is 8.25. The molecule has 4 heteroatoms. The fraction of sp³-hybridized carbons (Fsp3) is 0. The van der Waals surface area contributed by atoms with Gasteiger partial charge >= 0.3 is 37.7 Å². The summed E-state index contributed by atoms with van der Waals surface area (Å²) >= 11 is 0. The predicted octanol–water partition coefficient (Wildman–Crippen LogP) is -5.01. The maximum absolute atomic E-state index is 8.25. The standard InChI is InChI=1S/CH2O2.Ca.ClH/c2-1-3;;/h1H,(H,2,3);;1H/q;+2;/p-2. The van der Waals surface area contributed by atoms with Crippen molar-refractivity contribution in [3.63, 3.8) is 0 Å². The van der Waals surface area contributed by atoms with Crippen LogP contribution in [0.4, 0.5) is 0 Å². The number of halogens is 1. The molecule has 5 heavy (non-hydrogen) atoms. The number of carbonyl (C=O) groups is 1. The largest absolute Gasteiger partial charge is 2.00 e. The van der Waals surface area contributed by atoms with Crippen molar-refractivity contribution >= 4 is 44.2 Å². The van der Waals surface area contributed by atoms with E-state index >= 15 is 0 Å². The van der Waals surface area contributed by atoms with Crippen LogP contribution in [-0.2, 0) is 4.79 Å². The van der Waals surface area contributed by atoms with Gasteiger partial charge in [0.1, 0.15) is 0 Å². The third kappa shape index (κ3) is 44.0. The fourth-order valence-corrected chi connectivity index (χ4v) is 0. The Morgan fingerprint density at radius 3 is 1.60 bits per heavy atom. The smallest absolute Gasteiger partial charge is 1.00 e. The zero-order chi connectivity index (χ0) is 2.71. The van der Waals surface area contributed by atoms with Crippen LogP contribution in [0.15, 0.2) is 0 Å². The third-order valence-corrected chi connectivity index (χ3v) is 0. The van der Waals surface area contributed by atoms with E-state index in [9.17, 15) is 0 Å². The Morgan fingerprint density at radius 2 is 1.60 bits per heavy atom. The molecule has 0 heterocycles. The van der Waals surface area contributed by atoms with E-state index in [0.717, 1.165) is 0 Å². The van der Waals surface area contributed by atoms with Crippen LogP contribution < -0.4 is 17.5 Å². The molecule has 0 fully saturated rings. The summed E-state index contributed by atoms with van der Waals surface area (Å²) in [5, 5.41) is 8.25. The molecule has 0 saturated heterocycles. The average Bonchev–Trinajstić information content (AvgIpc) is 0.918. The van der Waals surface area contributed by atoms with Crippen LogP contribution in [0.3, 0.4) is 0 Å². The molecule has 0 unspecified atom stereocenters. The van der Waals surface area contributed by atoms with Gasteiger partial charge in [0, 0.05) is 6.47 Å². The first kappa shape index (κ1) is 16.6. The molecule has 0 radical (unpaired) electrons. The second kappa shape index (κ2) is 19.9. The first-order valence-corrected chi connectivity index (χ1v) is 0.471. The van der Waals surface area contributed by atoms with Crippen LogP contribution in [0.25, 0.3) is 0 Å². The van der Waals surface area contributed by atoms with Crippen LogP contribution in [0, 0.1) is 0 Å². The zero-order valence-electron chi connectivity index (χ0n) is 2.48. The van der Waals surface area contributed by atoms with Crippen LogP contribution in [-0.4, -0.2) is 44.2 Å². The Hall–Kier alpha value is 1.02. The van der Waals surface area contributed by atoms with Crippen LogP contribution in [0.5, 0.6) is 0 Å². The molecule has 0 rings (SSSR count). The summed E-state index contributed by atoms with van der Waals surface area (Å²) in [6.07, 6.45) is 0. The van der Waals surface area contributed by atoms with E-state index in [1.165, 1.54) is 0 Å². The van der Waals surface area contributed by atoms with Crippen LogP contribution >= 0.6 is 0 Å². The van der Waals surface area contributed by atoms with Gasteiger partial charge in [-0.25, -0.2) is 0 Å². The SMILES string of the molecule is O=C[O-].[Ca+2].[Cl-]. The van der Waals surface area contributed by atoms with Crippen LogP contribution in [0.2, 0.25) is 0 Å². The molecule has 26 valence electrons.